The monoisotopic (exact) mass is 459 g/mol. The zero-order valence-electron chi connectivity index (χ0n) is 17.0. The van der Waals surface area contributed by atoms with Gasteiger partial charge in [0, 0.05) is 25.2 Å². The number of benzene rings is 2. The smallest absolute Gasteiger partial charge is 0.257 e. The molecule has 2 aromatic carbocycles. The lowest BCUT2D eigenvalue weighted by atomic mass is 10.0. The van der Waals surface area contributed by atoms with Crippen molar-refractivity contribution in [3.05, 3.63) is 76.0 Å². The maximum atomic E-state index is 12.8. The number of halogens is 1. The number of hydrogen-bond acceptors (Lipinski definition) is 5. The number of nitrogens with one attached hydrogen (secondary N) is 1. The van der Waals surface area contributed by atoms with Crippen molar-refractivity contribution >= 4 is 27.5 Å². The van der Waals surface area contributed by atoms with Crippen LogP contribution in [0.5, 0.6) is 0 Å². The van der Waals surface area contributed by atoms with Crippen molar-refractivity contribution in [2.24, 2.45) is 0 Å². The molecule has 0 unspecified atom stereocenters. The van der Waals surface area contributed by atoms with Crippen LogP contribution in [-0.4, -0.2) is 42.6 Å². The Morgan fingerprint density at radius 1 is 1.16 bits per heavy atom. The summed E-state index contributed by atoms with van der Waals surface area (Å²) in [5.41, 5.74) is 3.35. The molecule has 9 heteroatoms. The van der Waals surface area contributed by atoms with Gasteiger partial charge in [0.2, 0.25) is 10.0 Å². The Bertz CT molecular complexity index is 1220. The SMILES string of the molecule is Cc1onc(-c2ccccc2Cl)c1C(=O)NCCS(=O)(=O)N1CCc2ccccc2C1. The van der Waals surface area contributed by atoms with Crippen molar-refractivity contribution < 1.29 is 17.7 Å². The van der Waals surface area contributed by atoms with Gasteiger partial charge in [-0.1, -0.05) is 59.2 Å². The number of carbonyl (C=O) groups excluding carboxylic acids is 1. The van der Waals surface area contributed by atoms with Gasteiger partial charge in [0.15, 0.2) is 0 Å². The minimum absolute atomic E-state index is 0.0219. The second kappa shape index (κ2) is 8.82. The molecule has 3 aromatic rings. The van der Waals surface area contributed by atoms with Crippen LogP contribution in [-0.2, 0) is 23.0 Å². The molecular formula is C22H22ClN3O4S. The Morgan fingerprint density at radius 2 is 1.87 bits per heavy atom. The summed E-state index contributed by atoms with van der Waals surface area (Å²) < 4.78 is 32.3. The molecule has 0 atom stereocenters. The minimum Gasteiger partial charge on any atom is -0.360 e. The highest BCUT2D eigenvalue weighted by molar-refractivity contribution is 7.89. The summed E-state index contributed by atoms with van der Waals surface area (Å²) in [5, 5.41) is 7.10. The van der Waals surface area contributed by atoms with Crippen LogP contribution in [0.15, 0.2) is 53.1 Å². The topological polar surface area (TPSA) is 92.5 Å². The maximum Gasteiger partial charge on any atom is 0.257 e. The van der Waals surface area contributed by atoms with Crippen LogP contribution < -0.4 is 5.32 Å². The van der Waals surface area contributed by atoms with Gasteiger partial charge in [-0.05, 0) is 30.5 Å². The second-order valence-electron chi connectivity index (χ2n) is 7.37. The molecule has 1 aliphatic heterocycles. The van der Waals surface area contributed by atoms with E-state index >= 15 is 0 Å². The summed E-state index contributed by atoms with van der Waals surface area (Å²) in [6.45, 7) is 2.40. The summed E-state index contributed by atoms with van der Waals surface area (Å²) in [6, 6.07) is 14.9. The van der Waals surface area contributed by atoms with Crippen molar-refractivity contribution in [3.8, 4) is 11.3 Å². The van der Waals surface area contributed by atoms with Gasteiger partial charge in [-0.3, -0.25) is 4.79 Å². The molecule has 0 spiro atoms. The first kappa shape index (κ1) is 21.5. The number of nitrogens with zero attached hydrogens (tertiary/aromatic N) is 2. The number of aryl methyl sites for hydroxylation is 1. The van der Waals surface area contributed by atoms with Crippen LogP contribution in [0.25, 0.3) is 11.3 Å². The zero-order chi connectivity index (χ0) is 22.0. The average molecular weight is 460 g/mol. The molecule has 2 heterocycles. The molecule has 31 heavy (non-hydrogen) atoms. The average Bonchev–Trinajstić information content (AvgIpc) is 3.14. The third-order valence-corrected chi connectivity index (χ3v) is 7.50. The third-order valence-electron chi connectivity index (χ3n) is 5.35. The molecule has 0 saturated heterocycles. The highest BCUT2D eigenvalue weighted by atomic mass is 35.5. The number of aromatic nitrogens is 1. The van der Waals surface area contributed by atoms with Gasteiger partial charge in [0.25, 0.3) is 5.91 Å². The minimum atomic E-state index is -3.51. The number of hydrogen-bond donors (Lipinski definition) is 1. The van der Waals surface area contributed by atoms with Crippen LogP contribution in [0.2, 0.25) is 5.02 Å². The van der Waals surface area contributed by atoms with E-state index < -0.39 is 15.9 Å². The Hall–Kier alpha value is -2.68. The van der Waals surface area contributed by atoms with Gasteiger partial charge in [-0.15, -0.1) is 0 Å². The van der Waals surface area contributed by atoms with Crippen molar-refractivity contribution in [1.29, 1.82) is 0 Å². The molecule has 1 N–H and O–H groups in total. The Balaban J connectivity index is 1.42. The predicted molar refractivity (Wildman–Crippen MR) is 118 cm³/mol. The number of rotatable bonds is 6. The van der Waals surface area contributed by atoms with Crippen LogP contribution in [0, 0.1) is 6.92 Å². The second-order valence-corrected chi connectivity index (χ2v) is 9.86. The van der Waals surface area contributed by atoms with E-state index in [1.165, 1.54) is 9.87 Å². The van der Waals surface area contributed by atoms with E-state index in [0.717, 1.165) is 5.56 Å². The van der Waals surface area contributed by atoms with Gasteiger partial charge in [-0.2, -0.15) is 4.31 Å². The van der Waals surface area contributed by atoms with Gasteiger partial charge < -0.3 is 9.84 Å². The molecule has 1 aliphatic rings. The highest BCUT2D eigenvalue weighted by Gasteiger charge is 2.27. The number of sulfonamides is 1. The Labute approximate surface area is 186 Å². The van der Waals surface area contributed by atoms with E-state index in [-0.39, 0.29) is 17.9 Å². The quantitative estimate of drug-likeness (QED) is 0.609. The largest absolute Gasteiger partial charge is 0.360 e. The van der Waals surface area contributed by atoms with Gasteiger partial charge >= 0.3 is 0 Å². The highest BCUT2D eigenvalue weighted by Crippen LogP contribution is 2.31. The molecule has 4 rings (SSSR count). The molecule has 162 valence electrons. The molecule has 7 nitrogen and oxygen atoms in total. The maximum absolute atomic E-state index is 12.8. The van der Waals surface area contributed by atoms with Crippen molar-refractivity contribution in [1.82, 2.24) is 14.8 Å². The van der Waals surface area contributed by atoms with Gasteiger partial charge in [-0.25, -0.2) is 8.42 Å². The molecule has 0 fully saturated rings. The summed E-state index contributed by atoms with van der Waals surface area (Å²) in [7, 11) is -3.51. The van der Waals surface area contributed by atoms with E-state index in [4.69, 9.17) is 16.1 Å². The summed E-state index contributed by atoms with van der Waals surface area (Å²) in [6.07, 6.45) is 0.683. The fourth-order valence-electron chi connectivity index (χ4n) is 3.69. The van der Waals surface area contributed by atoms with Crippen molar-refractivity contribution in [2.45, 2.75) is 19.9 Å². The van der Waals surface area contributed by atoms with E-state index in [1.54, 1.807) is 31.2 Å². The third kappa shape index (κ3) is 4.51. The summed E-state index contributed by atoms with van der Waals surface area (Å²) >= 11 is 6.23. The first-order valence-electron chi connectivity index (χ1n) is 9.91. The molecule has 0 radical (unpaired) electrons. The standard InChI is InChI=1S/C22H22ClN3O4S/c1-15-20(21(25-30-15)18-8-4-5-9-19(18)23)22(27)24-11-13-31(28,29)26-12-10-16-6-2-3-7-17(16)14-26/h2-9H,10-14H2,1H3,(H,24,27). The summed E-state index contributed by atoms with van der Waals surface area (Å²) in [4.78, 5) is 12.8. The number of fused-ring (bicyclic) bond motifs is 1. The molecule has 0 aliphatic carbocycles. The van der Waals surface area contributed by atoms with E-state index in [9.17, 15) is 13.2 Å². The van der Waals surface area contributed by atoms with Crippen LogP contribution in [0.3, 0.4) is 0 Å². The normalized spacial score (nSPS) is 14.3. The lowest BCUT2D eigenvalue weighted by Gasteiger charge is -2.28. The van der Waals surface area contributed by atoms with Crippen molar-refractivity contribution in [2.75, 3.05) is 18.8 Å². The van der Waals surface area contributed by atoms with E-state index in [2.05, 4.69) is 10.5 Å². The summed E-state index contributed by atoms with van der Waals surface area (Å²) in [5.74, 6) is -0.303. The molecule has 0 saturated carbocycles. The van der Waals surface area contributed by atoms with E-state index in [1.807, 2.05) is 24.3 Å². The van der Waals surface area contributed by atoms with Gasteiger partial charge in [0.1, 0.15) is 17.0 Å². The van der Waals surface area contributed by atoms with E-state index in [0.29, 0.717) is 41.6 Å². The fraction of sp³-hybridized carbons (Fsp3) is 0.273. The van der Waals surface area contributed by atoms with Crippen LogP contribution in [0.1, 0.15) is 27.2 Å². The van der Waals surface area contributed by atoms with Gasteiger partial charge in [0.05, 0.1) is 10.8 Å². The fourth-order valence-corrected chi connectivity index (χ4v) is 5.24. The molecular weight excluding hydrogens is 438 g/mol. The first-order valence-corrected chi connectivity index (χ1v) is 11.9. The number of amides is 1. The van der Waals surface area contributed by atoms with Crippen LogP contribution >= 0.6 is 11.6 Å². The molecule has 1 aromatic heterocycles. The van der Waals surface area contributed by atoms with Crippen molar-refractivity contribution in [3.63, 3.8) is 0 Å². The van der Waals surface area contributed by atoms with Crippen LogP contribution in [0.4, 0.5) is 0 Å². The lowest BCUT2D eigenvalue weighted by molar-refractivity contribution is 0.0955. The lowest BCUT2D eigenvalue weighted by Crippen LogP contribution is -2.40. The predicted octanol–water partition coefficient (Wildman–Crippen LogP) is 3.42. The molecule has 0 bridgehead atoms. The Kier molecular flexibility index (Phi) is 6.13. The Morgan fingerprint density at radius 3 is 2.65 bits per heavy atom. The zero-order valence-corrected chi connectivity index (χ0v) is 18.5. The molecule has 1 amide bonds. The first-order chi connectivity index (χ1) is 14.9. The number of carbonyl (C=O) groups is 1.